The van der Waals surface area contributed by atoms with Gasteiger partial charge in [0, 0.05) is 11.3 Å². The maximum atomic E-state index is 13.5. The van der Waals surface area contributed by atoms with E-state index in [1.54, 1.807) is 24.3 Å². The molecule has 0 fully saturated rings. The van der Waals surface area contributed by atoms with Gasteiger partial charge < -0.3 is 10.5 Å². The van der Waals surface area contributed by atoms with Gasteiger partial charge >= 0.3 is 5.97 Å². The number of nitrogen functional groups attached to an aromatic ring is 1. The van der Waals surface area contributed by atoms with Crippen LogP contribution in [-0.2, 0) is 11.3 Å². The molecular weight excluding hydrogens is 269 g/mol. The van der Waals surface area contributed by atoms with E-state index in [1.807, 2.05) is 0 Å². The van der Waals surface area contributed by atoms with Crippen LogP contribution in [0.25, 0.3) is 0 Å². The molecule has 2 rings (SSSR count). The fourth-order valence-electron chi connectivity index (χ4n) is 1.51. The van der Waals surface area contributed by atoms with Crippen LogP contribution in [0.4, 0.5) is 10.1 Å². The Morgan fingerprint density at radius 1 is 1.21 bits per heavy atom. The second-order valence-electron chi connectivity index (χ2n) is 3.90. The number of benzene rings is 2. The average molecular weight is 280 g/mol. The number of halogens is 2. The zero-order chi connectivity index (χ0) is 13.8. The summed E-state index contributed by atoms with van der Waals surface area (Å²) in [6, 6.07) is 10.6. The van der Waals surface area contributed by atoms with E-state index in [4.69, 9.17) is 22.1 Å². The third-order valence-electron chi connectivity index (χ3n) is 2.56. The zero-order valence-electron chi connectivity index (χ0n) is 9.90. The molecule has 0 aliphatic rings. The Morgan fingerprint density at radius 2 is 1.89 bits per heavy atom. The van der Waals surface area contributed by atoms with Crippen molar-refractivity contribution in [3.05, 3.63) is 64.4 Å². The second kappa shape index (κ2) is 5.71. The molecule has 0 saturated heterocycles. The largest absolute Gasteiger partial charge is 0.457 e. The second-order valence-corrected chi connectivity index (χ2v) is 4.31. The SMILES string of the molecule is Nc1ccc(C(=O)OCc2c(F)cccc2Cl)cc1. The number of ether oxygens (including phenoxy) is 1. The summed E-state index contributed by atoms with van der Waals surface area (Å²) >= 11 is 5.83. The molecule has 0 heterocycles. The summed E-state index contributed by atoms with van der Waals surface area (Å²) < 4.78 is 18.5. The molecule has 5 heteroatoms. The number of carbonyl (C=O) groups is 1. The number of esters is 1. The normalized spacial score (nSPS) is 10.2. The molecule has 0 bridgehead atoms. The van der Waals surface area contributed by atoms with Crippen LogP contribution in [0, 0.1) is 5.82 Å². The van der Waals surface area contributed by atoms with Crippen LogP contribution >= 0.6 is 11.6 Å². The molecule has 0 atom stereocenters. The van der Waals surface area contributed by atoms with Crippen LogP contribution in [0.2, 0.25) is 5.02 Å². The first-order chi connectivity index (χ1) is 9.08. The minimum absolute atomic E-state index is 0.160. The molecule has 2 N–H and O–H groups in total. The molecule has 0 aliphatic carbocycles. The Hall–Kier alpha value is -2.07. The average Bonchev–Trinajstić information content (AvgIpc) is 2.38. The van der Waals surface area contributed by atoms with Crippen molar-refractivity contribution in [3.63, 3.8) is 0 Å². The molecular formula is C14H11ClFNO2. The lowest BCUT2D eigenvalue weighted by Gasteiger charge is -2.07. The van der Waals surface area contributed by atoms with Gasteiger partial charge in [-0.15, -0.1) is 0 Å². The summed E-state index contributed by atoms with van der Waals surface area (Å²) in [5.41, 5.74) is 6.57. The fourth-order valence-corrected chi connectivity index (χ4v) is 1.73. The van der Waals surface area contributed by atoms with Crippen LogP contribution in [0.1, 0.15) is 15.9 Å². The molecule has 3 nitrogen and oxygen atoms in total. The molecule has 0 amide bonds. The highest BCUT2D eigenvalue weighted by molar-refractivity contribution is 6.31. The van der Waals surface area contributed by atoms with Gasteiger partial charge in [0.2, 0.25) is 0 Å². The number of hydrogen-bond donors (Lipinski definition) is 1. The Morgan fingerprint density at radius 3 is 2.53 bits per heavy atom. The third kappa shape index (κ3) is 3.23. The summed E-state index contributed by atoms with van der Waals surface area (Å²) in [5, 5.41) is 0.227. The molecule has 0 radical (unpaired) electrons. The molecule has 0 spiro atoms. The zero-order valence-corrected chi connectivity index (χ0v) is 10.7. The summed E-state index contributed by atoms with van der Waals surface area (Å²) in [6.45, 7) is -0.214. The summed E-state index contributed by atoms with van der Waals surface area (Å²) in [4.78, 5) is 11.7. The first kappa shape index (κ1) is 13.4. The molecule has 0 unspecified atom stereocenters. The monoisotopic (exact) mass is 279 g/mol. The van der Waals surface area contributed by atoms with Gasteiger partial charge in [0.15, 0.2) is 0 Å². The van der Waals surface area contributed by atoms with Gasteiger partial charge in [-0.2, -0.15) is 0 Å². The lowest BCUT2D eigenvalue weighted by atomic mass is 10.2. The van der Waals surface area contributed by atoms with E-state index in [9.17, 15) is 9.18 Å². The van der Waals surface area contributed by atoms with Crippen molar-refractivity contribution in [2.24, 2.45) is 0 Å². The van der Waals surface area contributed by atoms with Crippen LogP contribution in [0.5, 0.6) is 0 Å². The van der Waals surface area contributed by atoms with E-state index in [0.29, 0.717) is 11.3 Å². The first-order valence-electron chi connectivity index (χ1n) is 5.53. The van der Waals surface area contributed by atoms with Crippen molar-refractivity contribution in [3.8, 4) is 0 Å². The van der Waals surface area contributed by atoms with Gasteiger partial charge in [0.05, 0.1) is 10.6 Å². The molecule has 98 valence electrons. The van der Waals surface area contributed by atoms with Crippen molar-refractivity contribution in [1.29, 1.82) is 0 Å². The smallest absolute Gasteiger partial charge is 0.338 e. The van der Waals surface area contributed by atoms with E-state index < -0.39 is 11.8 Å². The van der Waals surface area contributed by atoms with Gasteiger partial charge in [-0.3, -0.25) is 0 Å². The van der Waals surface area contributed by atoms with Crippen molar-refractivity contribution in [1.82, 2.24) is 0 Å². The number of anilines is 1. The van der Waals surface area contributed by atoms with E-state index in [-0.39, 0.29) is 17.2 Å². The maximum Gasteiger partial charge on any atom is 0.338 e. The van der Waals surface area contributed by atoms with Crippen LogP contribution < -0.4 is 5.73 Å². The highest BCUT2D eigenvalue weighted by Gasteiger charge is 2.11. The highest BCUT2D eigenvalue weighted by atomic mass is 35.5. The lowest BCUT2D eigenvalue weighted by Crippen LogP contribution is -2.06. The van der Waals surface area contributed by atoms with Crippen LogP contribution in [-0.4, -0.2) is 5.97 Å². The Kier molecular flexibility index (Phi) is 4.02. The number of rotatable bonds is 3. The maximum absolute atomic E-state index is 13.5. The topological polar surface area (TPSA) is 52.3 Å². The lowest BCUT2D eigenvalue weighted by molar-refractivity contribution is 0.0469. The molecule has 0 aliphatic heterocycles. The van der Waals surface area contributed by atoms with E-state index >= 15 is 0 Å². The fraction of sp³-hybridized carbons (Fsp3) is 0.0714. The van der Waals surface area contributed by atoms with Gasteiger partial charge in [-0.05, 0) is 36.4 Å². The third-order valence-corrected chi connectivity index (χ3v) is 2.91. The summed E-state index contributed by atoms with van der Waals surface area (Å²) in [5.74, 6) is -1.06. The van der Waals surface area contributed by atoms with E-state index in [2.05, 4.69) is 0 Å². The van der Waals surface area contributed by atoms with Crippen LogP contribution in [0.3, 0.4) is 0 Å². The Labute approximate surface area is 114 Å². The number of hydrogen-bond acceptors (Lipinski definition) is 3. The molecule has 2 aromatic rings. The molecule has 19 heavy (non-hydrogen) atoms. The van der Waals surface area contributed by atoms with Crippen LogP contribution in [0.15, 0.2) is 42.5 Å². The van der Waals surface area contributed by atoms with E-state index in [0.717, 1.165) is 0 Å². The van der Waals surface area contributed by atoms with Gasteiger partial charge in [0.1, 0.15) is 12.4 Å². The van der Waals surface area contributed by atoms with Crippen molar-refractivity contribution in [2.75, 3.05) is 5.73 Å². The summed E-state index contributed by atoms with van der Waals surface area (Å²) in [6.07, 6.45) is 0. The Bertz CT molecular complexity index is 579. The van der Waals surface area contributed by atoms with Gasteiger partial charge in [0.25, 0.3) is 0 Å². The van der Waals surface area contributed by atoms with Gasteiger partial charge in [-0.1, -0.05) is 17.7 Å². The summed E-state index contributed by atoms with van der Waals surface area (Å²) in [7, 11) is 0. The predicted molar refractivity (Wildman–Crippen MR) is 71.4 cm³/mol. The minimum atomic E-state index is -0.556. The first-order valence-corrected chi connectivity index (χ1v) is 5.91. The quantitative estimate of drug-likeness (QED) is 0.692. The molecule has 0 aromatic heterocycles. The van der Waals surface area contributed by atoms with Crippen molar-refractivity contribution >= 4 is 23.3 Å². The number of nitrogens with two attached hydrogens (primary N) is 1. The minimum Gasteiger partial charge on any atom is -0.457 e. The molecule has 2 aromatic carbocycles. The standard InChI is InChI=1S/C14H11ClFNO2/c15-12-2-1-3-13(16)11(12)8-19-14(18)9-4-6-10(17)7-5-9/h1-7H,8,17H2. The van der Waals surface area contributed by atoms with Crippen molar-refractivity contribution < 1.29 is 13.9 Å². The highest BCUT2D eigenvalue weighted by Crippen LogP contribution is 2.20. The molecule has 0 saturated carbocycles. The number of carbonyl (C=O) groups excluding carboxylic acids is 1. The predicted octanol–water partition coefficient (Wildman–Crippen LogP) is 3.42. The van der Waals surface area contributed by atoms with Crippen molar-refractivity contribution in [2.45, 2.75) is 6.61 Å². The van der Waals surface area contributed by atoms with E-state index in [1.165, 1.54) is 18.2 Å². The van der Waals surface area contributed by atoms with Gasteiger partial charge in [-0.25, -0.2) is 9.18 Å². The Balaban J connectivity index is 2.06.